The highest BCUT2D eigenvalue weighted by atomic mass is 19.1. The van der Waals surface area contributed by atoms with E-state index >= 15 is 0 Å². The monoisotopic (exact) mass is 512 g/mol. The summed E-state index contributed by atoms with van der Waals surface area (Å²) in [5, 5.41) is 14.3. The van der Waals surface area contributed by atoms with Crippen molar-refractivity contribution in [3.05, 3.63) is 119 Å². The van der Waals surface area contributed by atoms with E-state index in [9.17, 15) is 13.7 Å². The predicted octanol–water partition coefficient (Wildman–Crippen LogP) is 8.52. The van der Waals surface area contributed by atoms with E-state index in [0.29, 0.717) is 16.5 Å². The van der Waals surface area contributed by atoms with Crippen LogP contribution < -0.4 is 5.73 Å². The predicted molar refractivity (Wildman–Crippen MR) is 150 cm³/mol. The van der Waals surface area contributed by atoms with Crippen molar-refractivity contribution in [1.29, 1.82) is 5.26 Å². The molecule has 0 amide bonds. The summed E-state index contributed by atoms with van der Waals surface area (Å²) in [5.74, 6) is -1.59. The zero-order valence-electron chi connectivity index (χ0n) is 20.3. The van der Waals surface area contributed by atoms with E-state index in [4.69, 9.17) is 16.0 Å². The van der Waals surface area contributed by atoms with Crippen LogP contribution in [0.2, 0.25) is 0 Å². The highest BCUT2D eigenvalue weighted by molar-refractivity contribution is 6.18. The number of rotatable bonds is 4. The molecule has 5 nitrogen and oxygen atoms in total. The van der Waals surface area contributed by atoms with Crippen LogP contribution in [0.25, 0.3) is 55.2 Å². The van der Waals surface area contributed by atoms with E-state index < -0.39 is 11.6 Å². The molecule has 0 radical (unpaired) electrons. The van der Waals surface area contributed by atoms with Crippen molar-refractivity contribution in [3.8, 4) is 39.6 Å². The molecule has 1 heterocycles. The fourth-order valence-electron chi connectivity index (χ4n) is 4.93. The Morgan fingerprint density at radius 3 is 2.05 bits per heavy atom. The normalized spacial score (nSPS) is 11.0. The lowest BCUT2D eigenvalue weighted by molar-refractivity contribution is 0.589. The summed E-state index contributed by atoms with van der Waals surface area (Å²) in [7, 11) is 0. The van der Waals surface area contributed by atoms with Gasteiger partial charge < -0.3 is 5.73 Å². The number of benzene rings is 5. The average Bonchev–Trinajstić information content (AvgIpc) is 2.97. The first-order chi connectivity index (χ1) is 19.0. The number of nitroso groups, excluding NO2 is 1. The number of nitrogen functional groups attached to an aromatic ring is 1. The third kappa shape index (κ3) is 4.05. The van der Waals surface area contributed by atoms with Crippen molar-refractivity contribution >= 4 is 33.1 Å². The quantitative estimate of drug-likeness (QED) is 0.146. The second kappa shape index (κ2) is 9.43. The zero-order chi connectivity index (χ0) is 27.1. The van der Waals surface area contributed by atoms with Crippen molar-refractivity contribution in [2.24, 2.45) is 5.18 Å². The fourth-order valence-corrected chi connectivity index (χ4v) is 4.93. The van der Waals surface area contributed by atoms with Gasteiger partial charge in [0.2, 0.25) is 0 Å². The van der Waals surface area contributed by atoms with Gasteiger partial charge in [0, 0.05) is 21.7 Å². The molecule has 0 atom stereocenters. The fraction of sp³-hybridized carbons (Fsp3) is 0. The smallest absolute Gasteiger partial charge is 0.135 e. The zero-order valence-corrected chi connectivity index (χ0v) is 20.3. The van der Waals surface area contributed by atoms with Gasteiger partial charge in [-0.15, -0.1) is 4.91 Å². The Labute approximate surface area is 221 Å². The molecular weight excluding hydrogens is 494 g/mol. The van der Waals surface area contributed by atoms with Crippen molar-refractivity contribution in [1.82, 2.24) is 4.98 Å². The second-order valence-electron chi connectivity index (χ2n) is 9.07. The maximum atomic E-state index is 14.5. The molecule has 0 saturated heterocycles. The van der Waals surface area contributed by atoms with Gasteiger partial charge in [-0.25, -0.2) is 13.8 Å². The minimum Gasteiger partial charge on any atom is -0.396 e. The first-order valence-corrected chi connectivity index (χ1v) is 12.0. The Hall–Kier alpha value is -5.48. The average molecular weight is 513 g/mol. The highest BCUT2D eigenvalue weighted by Gasteiger charge is 2.17. The van der Waals surface area contributed by atoms with Crippen molar-refractivity contribution in [3.63, 3.8) is 0 Å². The number of hydrogen-bond acceptors (Lipinski definition) is 5. The van der Waals surface area contributed by atoms with Crippen LogP contribution in [0.5, 0.6) is 0 Å². The molecule has 0 spiro atoms. The van der Waals surface area contributed by atoms with Crippen LogP contribution in [0, 0.1) is 27.9 Å². The summed E-state index contributed by atoms with van der Waals surface area (Å²) >= 11 is 0. The number of pyridine rings is 1. The van der Waals surface area contributed by atoms with Gasteiger partial charge in [-0.3, -0.25) is 0 Å². The third-order valence-corrected chi connectivity index (χ3v) is 6.80. The maximum absolute atomic E-state index is 14.5. The van der Waals surface area contributed by atoms with E-state index in [0.717, 1.165) is 45.3 Å². The number of halogens is 2. The Morgan fingerprint density at radius 2 is 1.38 bits per heavy atom. The maximum Gasteiger partial charge on any atom is 0.135 e. The number of fused-ring (bicyclic) bond motifs is 3. The molecule has 7 heteroatoms. The van der Waals surface area contributed by atoms with Gasteiger partial charge in [0.25, 0.3) is 0 Å². The Balaban J connectivity index is 1.51. The van der Waals surface area contributed by atoms with Crippen LogP contribution in [-0.2, 0) is 0 Å². The lowest BCUT2D eigenvalue weighted by Crippen LogP contribution is -1.95. The van der Waals surface area contributed by atoms with E-state index in [1.165, 1.54) is 0 Å². The minimum atomic E-state index is -0.795. The molecule has 0 aliphatic rings. The van der Waals surface area contributed by atoms with Gasteiger partial charge >= 0.3 is 0 Å². The molecule has 186 valence electrons. The molecule has 0 aliphatic heterocycles. The lowest BCUT2D eigenvalue weighted by Gasteiger charge is -2.14. The van der Waals surface area contributed by atoms with Crippen LogP contribution in [0.3, 0.4) is 0 Å². The molecule has 0 fully saturated rings. The molecule has 6 rings (SSSR count). The Bertz CT molecular complexity index is 1940. The van der Waals surface area contributed by atoms with Crippen molar-refractivity contribution < 1.29 is 8.78 Å². The number of anilines is 1. The summed E-state index contributed by atoms with van der Waals surface area (Å²) in [5.41, 5.74) is 10.9. The van der Waals surface area contributed by atoms with Gasteiger partial charge in [-0.1, -0.05) is 66.7 Å². The first kappa shape index (κ1) is 23.9. The van der Waals surface area contributed by atoms with Gasteiger partial charge in [0.1, 0.15) is 17.3 Å². The number of nitrogens with zero attached hydrogens (tertiary/aromatic N) is 3. The number of aromatic nitrogens is 1. The van der Waals surface area contributed by atoms with Crippen LogP contribution in [-0.4, -0.2) is 4.98 Å². The van der Waals surface area contributed by atoms with Crippen LogP contribution in [0.4, 0.5) is 20.2 Å². The van der Waals surface area contributed by atoms with Crippen LogP contribution in [0.1, 0.15) is 5.56 Å². The third-order valence-electron chi connectivity index (χ3n) is 6.80. The van der Waals surface area contributed by atoms with E-state index in [1.54, 1.807) is 36.4 Å². The SMILES string of the molecule is N#Cc1cc(F)c(-c2ccc(-c3ccc4c(c3)nc(-c3ccccc3)c3ccc(N=O)c(N)c34)cc2)c(F)c1. The van der Waals surface area contributed by atoms with Gasteiger partial charge in [-0.2, -0.15) is 5.26 Å². The van der Waals surface area contributed by atoms with Crippen molar-refractivity contribution in [2.75, 3.05) is 5.73 Å². The summed E-state index contributed by atoms with van der Waals surface area (Å²) in [6.45, 7) is 0. The molecule has 5 aromatic carbocycles. The van der Waals surface area contributed by atoms with Crippen molar-refractivity contribution in [2.45, 2.75) is 0 Å². The van der Waals surface area contributed by atoms with E-state index in [1.807, 2.05) is 54.6 Å². The van der Waals surface area contributed by atoms with Crippen LogP contribution >= 0.6 is 0 Å². The minimum absolute atomic E-state index is 0.0758. The molecule has 0 aliphatic carbocycles. The molecule has 39 heavy (non-hydrogen) atoms. The second-order valence-corrected chi connectivity index (χ2v) is 9.07. The van der Waals surface area contributed by atoms with Gasteiger partial charge in [0.05, 0.1) is 34.1 Å². The Morgan fingerprint density at radius 1 is 0.744 bits per heavy atom. The molecule has 0 bridgehead atoms. The molecule has 0 unspecified atom stereocenters. The van der Waals surface area contributed by atoms with E-state index in [-0.39, 0.29) is 22.5 Å². The first-order valence-electron chi connectivity index (χ1n) is 12.0. The number of nitriles is 1. The molecule has 0 saturated carbocycles. The van der Waals surface area contributed by atoms with Crippen LogP contribution in [0.15, 0.2) is 102 Å². The molecular formula is C32H18F2N4O. The highest BCUT2D eigenvalue weighted by Crippen LogP contribution is 2.40. The standard InChI is InChI=1S/C32H18F2N4O/c33-25-14-18(17-35)15-26(34)29(25)20-8-6-19(7-9-20)22-10-11-23-28(16-22)37-32(21-4-2-1-3-5-21)24-12-13-27(38-39)31(36)30(23)24/h1-16H,36H2. The summed E-state index contributed by atoms with van der Waals surface area (Å²) < 4.78 is 29.1. The molecule has 2 N–H and O–H groups in total. The largest absolute Gasteiger partial charge is 0.396 e. The summed E-state index contributed by atoms with van der Waals surface area (Å²) in [4.78, 5) is 16.4. The molecule has 6 aromatic rings. The van der Waals surface area contributed by atoms with E-state index in [2.05, 4.69) is 5.18 Å². The molecule has 1 aromatic heterocycles. The summed E-state index contributed by atoms with van der Waals surface area (Å²) in [6.07, 6.45) is 0. The summed E-state index contributed by atoms with van der Waals surface area (Å²) in [6, 6.07) is 29.4. The van der Waals surface area contributed by atoms with Gasteiger partial charge in [-0.05, 0) is 52.2 Å². The number of hydrogen-bond donors (Lipinski definition) is 1. The topological polar surface area (TPSA) is 92.1 Å². The lowest BCUT2D eigenvalue weighted by atomic mass is 9.95. The Kier molecular flexibility index (Phi) is 5.78. The number of nitrogens with two attached hydrogens (primary N) is 1. The van der Waals surface area contributed by atoms with Gasteiger partial charge in [0.15, 0.2) is 0 Å².